The smallest absolute Gasteiger partial charge is 0.297 e. The van der Waals surface area contributed by atoms with E-state index in [1.807, 2.05) is 0 Å². The molecule has 0 amide bonds. The minimum atomic E-state index is 0.561. The fraction of sp³-hybridized carbons (Fsp3) is 0.769. The summed E-state index contributed by atoms with van der Waals surface area (Å²) < 4.78 is 10.7. The third kappa shape index (κ3) is 5.06. The summed E-state index contributed by atoms with van der Waals surface area (Å²) in [5, 5.41) is 3.24. The van der Waals surface area contributed by atoms with Crippen molar-refractivity contribution in [2.75, 3.05) is 38.3 Å². The number of oxazole rings is 1. The molecule has 0 bridgehead atoms. The van der Waals surface area contributed by atoms with Gasteiger partial charge in [0, 0.05) is 26.7 Å². The molecule has 1 rings (SSSR count). The van der Waals surface area contributed by atoms with Crippen molar-refractivity contribution in [2.45, 2.75) is 27.3 Å². The van der Waals surface area contributed by atoms with Crippen molar-refractivity contribution in [3.8, 4) is 0 Å². The molecule has 1 aromatic rings. The lowest BCUT2D eigenvalue weighted by Crippen LogP contribution is -2.31. The average Bonchev–Trinajstić information content (AvgIpc) is 2.80. The van der Waals surface area contributed by atoms with Crippen LogP contribution in [0.4, 0.5) is 6.01 Å². The molecule has 0 aromatic carbocycles. The number of nitrogens with one attached hydrogen (secondary N) is 1. The molecule has 0 aliphatic carbocycles. The van der Waals surface area contributed by atoms with Crippen molar-refractivity contribution >= 4 is 6.01 Å². The molecule has 0 saturated heterocycles. The third-order valence-corrected chi connectivity index (χ3v) is 2.52. The van der Waals surface area contributed by atoms with Gasteiger partial charge in [0.05, 0.1) is 12.3 Å². The molecule has 0 saturated carbocycles. The first-order valence-corrected chi connectivity index (χ1v) is 6.56. The average molecular weight is 255 g/mol. The van der Waals surface area contributed by atoms with Crippen LogP contribution in [-0.4, -0.2) is 38.3 Å². The van der Waals surface area contributed by atoms with Gasteiger partial charge in [-0.3, -0.25) is 0 Å². The Morgan fingerprint density at radius 3 is 2.89 bits per heavy atom. The van der Waals surface area contributed by atoms with Crippen LogP contribution < -0.4 is 10.2 Å². The Bertz CT molecular complexity index is 326. The van der Waals surface area contributed by atoms with Gasteiger partial charge in [-0.25, -0.2) is 0 Å². The largest absolute Gasteiger partial charge is 0.432 e. The van der Waals surface area contributed by atoms with E-state index in [-0.39, 0.29) is 0 Å². The Hall–Kier alpha value is -1.07. The van der Waals surface area contributed by atoms with Crippen molar-refractivity contribution in [3.05, 3.63) is 12.0 Å². The quantitative estimate of drug-likeness (QED) is 0.730. The Kier molecular flexibility index (Phi) is 6.75. The molecular weight excluding hydrogens is 230 g/mol. The molecule has 18 heavy (non-hydrogen) atoms. The van der Waals surface area contributed by atoms with Gasteiger partial charge in [-0.05, 0) is 12.5 Å². The third-order valence-electron chi connectivity index (χ3n) is 2.52. The molecule has 0 aliphatic heterocycles. The molecule has 0 aliphatic rings. The molecule has 1 aromatic heterocycles. The van der Waals surface area contributed by atoms with Gasteiger partial charge >= 0.3 is 0 Å². The molecule has 0 unspecified atom stereocenters. The van der Waals surface area contributed by atoms with Crippen molar-refractivity contribution < 1.29 is 9.15 Å². The summed E-state index contributed by atoms with van der Waals surface area (Å²) in [7, 11) is 1.71. The topological polar surface area (TPSA) is 50.5 Å². The zero-order valence-corrected chi connectivity index (χ0v) is 11.9. The summed E-state index contributed by atoms with van der Waals surface area (Å²) >= 11 is 0. The Balaban J connectivity index is 2.62. The van der Waals surface area contributed by atoms with E-state index in [0.717, 1.165) is 31.9 Å². The van der Waals surface area contributed by atoms with Gasteiger partial charge in [-0.1, -0.05) is 20.8 Å². The maximum atomic E-state index is 5.54. The van der Waals surface area contributed by atoms with Gasteiger partial charge in [0.2, 0.25) is 0 Å². The molecule has 0 fully saturated rings. The van der Waals surface area contributed by atoms with E-state index in [4.69, 9.17) is 9.15 Å². The second-order valence-corrected chi connectivity index (χ2v) is 4.73. The Labute approximate surface area is 110 Å². The minimum Gasteiger partial charge on any atom is -0.432 e. The summed E-state index contributed by atoms with van der Waals surface area (Å²) in [5.41, 5.74) is 0.943. The van der Waals surface area contributed by atoms with E-state index in [1.54, 1.807) is 13.4 Å². The van der Waals surface area contributed by atoms with E-state index in [0.29, 0.717) is 18.5 Å². The number of nitrogens with zero attached hydrogens (tertiary/aromatic N) is 2. The highest BCUT2D eigenvalue weighted by Gasteiger charge is 2.14. The minimum absolute atomic E-state index is 0.561. The van der Waals surface area contributed by atoms with Gasteiger partial charge in [0.15, 0.2) is 0 Å². The number of hydrogen-bond donors (Lipinski definition) is 1. The highest BCUT2D eigenvalue weighted by Crippen LogP contribution is 2.15. The van der Waals surface area contributed by atoms with Gasteiger partial charge in [0.25, 0.3) is 6.01 Å². The SMILES string of the molecule is CCNCc1coc(N(CCOC)CC(C)C)n1. The number of methoxy groups -OCH3 is 1. The fourth-order valence-corrected chi connectivity index (χ4v) is 1.68. The first kappa shape index (κ1) is 15.0. The molecule has 104 valence electrons. The van der Waals surface area contributed by atoms with Crippen LogP contribution in [0.1, 0.15) is 26.5 Å². The first-order chi connectivity index (χ1) is 8.67. The summed E-state index contributed by atoms with van der Waals surface area (Å²) in [4.78, 5) is 6.62. The monoisotopic (exact) mass is 255 g/mol. The van der Waals surface area contributed by atoms with E-state index in [9.17, 15) is 0 Å². The van der Waals surface area contributed by atoms with Gasteiger partial charge in [0.1, 0.15) is 6.26 Å². The predicted molar refractivity (Wildman–Crippen MR) is 72.8 cm³/mol. The zero-order valence-electron chi connectivity index (χ0n) is 11.9. The van der Waals surface area contributed by atoms with Gasteiger partial charge in [-0.2, -0.15) is 4.98 Å². The first-order valence-electron chi connectivity index (χ1n) is 6.56. The molecule has 1 N–H and O–H groups in total. The van der Waals surface area contributed by atoms with Crippen molar-refractivity contribution in [1.82, 2.24) is 10.3 Å². The van der Waals surface area contributed by atoms with Crippen molar-refractivity contribution in [1.29, 1.82) is 0 Å². The highest BCUT2D eigenvalue weighted by atomic mass is 16.5. The van der Waals surface area contributed by atoms with Crippen LogP contribution in [0, 0.1) is 5.92 Å². The fourth-order valence-electron chi connectivity index (χ4n) is 1.68. The van der Waals surface area contributed by atoms with Crippen LogP contribution in [0.3, 0.4) is 0 Å². The molecule has 0 atom stereocenters. The molecule has 0 spiro atoms. The second kappa shape index (κ2) is 8.11. The highest BCUT2D eigenvalue weighted by molar-refractivity contribution is 5.27. The lowest BCUT2D eigenvalue weighted by Gasteiger charge is -2.22. The van der Waals surface area contributed by atoms with E-state index in [2.05, 4.69) is 36.0 Å². The normalized spacial score (nSPS) is 11.2. The van der Waals surface area contributed by atoms with Gasteiger partial charge in [-0.15, -0.1) is 0 Å². The molecule has 5 nitrogen and oxygen atoms in total. The van der Waals surface area contributed by atoms with Crippen LogP contribution in [0.5, 0.6) is 0 Å². The number of rotatable bonds is 9. The number of ether oxygens (including phenoxy) is 1. The predicted octanol–water partition coefficient (Wildman–Crippen LogP) is 1.89. The lowest BCUT2D eigenvalue weighted by atomic mass is 10.2. The lowest BCUT2D eigenvalue weighted by molar-refractivity contribution is 0.203. The molecule has 1 heterocycles. The van der Waals surface area contributed by atoms with Crippen LogP contribution in [-0.2, 0) is 11.3 Å². The second-order valence-electron chi connectivity index (χ2n) is 4.73. The number of aromatic nitrogens is 1. The van der Waals surface area contributed by atoms with Crippen LogP contribution in [0.15, 0.2) is 10.7 Å². The van der Waals surface area contributed by atoms with E-state index in [1.165, 1.54) is 0 Å². The zero-order chi connectivity index (χ0) is 13.4. The maximum absolute atomic E-state index is 5.54. The number of anilines is 1. The summed E-state index contributed by atoms with van der Waals surface area (Å²) in [5.74, 6) is 0.561. The van der Waals surface area contributed by atoms with Crippen molar-refractivity contribution in [2.24, 2.45) is 5.92 Å². The Morgan fingerprint density at radius 1 is 1.50 bits per heavy atom. The van der Waals surface area contributed by atoms with Crippen LogP contribution in [0.2, 0.25) is 0 Å². The summed E-state index contributed by atoms with van der Waals surface area (Å²) in [6.07, 6.45) is 1.72. The molecular formula is C13H25N3O2. The Morgan fingerprint density at radius 2 is 2.28 bits per heavy atom. The van der Waals surface area contributed by atoms with Crippen molar-refractivity contribution in [3.63, 3.8) is 0 Å². The van der Waals surface area contributed by atoms with Crippen LogP contribution >= 0.6 is 0 Å². The summed E-state index contributed by atoms with van der Waals surface area (Å²) in [6.45, 7) is 10.5. The summed E-state index contributed by atoms with van der Waals surface area (Å²) in [6, 6.07) is 0.689. The van der Waals surface area contributed by atoms with Crippen LogP contribution in [0.25, 0.3) is 0 Å². The molecule has 5 heteroatoms. The standard InChI is InChI=1S/C13H25N3O2/c1-5-14-8-12-10-18-13(15-12)16(6-7-17-4)9-11(2)3/h10-11,14H,5-9H2,1-4H3. The van der Waals surface area contributed by atoms with E-state index >= 15 is 0 Å². The van der Waals surface area contributed by atoms with E-state index < -0.39 is 0 Å². The number of hydrogen-bond acceptors (Lipinski definition) is 5. The maximum Gasteiger partial charge on any atom is 0.297 e. The van der Waals surface area contributed by atoms with Gasteiger partial charge < -0.3 is 19.4 Å². The molecule has 0 radical (unpaired) electrons.